The summed E-state index contributed by atoms with van der Waals surface area (Å²) < 4.78 is 15.1. The van der Waals surface area contributed by atoms with Crippen LogP contribution in [0.25, 0.3) is 10.2 Å². The molecule has 3 aromatic rings. The summed E-state index contributed by atoms with van der Waals surface area (Å²) in [7, 11) is 0. The Bertz CT molecular complexity index is 739. The van der Waals surface area contributed by atoms with Gasteiger partial charge >= 0.3 is 0 Å². The van der Waals surface area contributed by atoms with Gasteiger partial charge in [0.15, 0.2) is 5.13 Å². The number of nitrogens with zero attached hydrogens (tertiary/aromatic N) is 1. The van der Waals surface area contributed by atoms with Gasteiger partial charge in [-0.1, -0.05) is 39.4 Å². The number of hydrogen-bond donors (Lipinski definition) is 1. The topological polar surface area (TPSA) is 24.9 Å². The fourth-order valence-corrected chi connectivity index (χ4v) is 3.22. The van der Waals surface area contributed by atoms with Gasteiger partial charge in [-0.05, 0) is 42.8 Å². The largest absolute Gasteiger partial charge is 0.355 e. The van der Waals surface area contributed by atoms with Gasteiger partial charge in [0.1, 0.15) is 5.82 Å². The van der Waals surface area contributed by atoms with Gasteiger partial charge in [-0.25, -0.2) is 9.37 Å². The Kier molecular flexibility index (Phi) is 3.72. The summed E-state index contributed by atoms with van der Waals surface area (Å²) in [5.41, 5.74) is 2.00. The summed E-state index contributed by atoms with van der Waals surface area (Å²) in [5, 5.41) is 4.16. The molecule has 2 nitrogen and oxygen atoms in total. The Morgan fingerprint density at radius 3 is 2.70 bits per heavy atom. The smallest absolute Gasteiger partial charge is 0.184 e. The molecule has 0 saturated carbocycles. The molecule has 0 saturated heterocycles. The lowest BCUT2D eigenvalue weighted by Crippen LogP contribution is -2.05. The lowest BCUT2D eigenvalue weighted by molar-refractivity contribution is 0.630. The summed E-state index contributed by atoms with van der Waals surface area (Å²) in [6.45, 7) is 2.08. The van der Waals surface area contributed by atoms with E-state index in [-0.39, 0.29) is 11.9 Å². The monoisotopic (exact) mass is 350 g/mol. The molecule has 1 heterocycles. The lowest BCUT2D eigenvalue weighted by atomic mass is 10.1. The molecule has 20 heavy (non-hydrogen) atoms. The Balaban J connectivity index is 1.83. The Morgan fingerprint density at radius 1 is 1.20 bits per heavy atom. The van der Waals surface area contributed by atoms with E-state index < -0.39 is 0 Å². The molecule has 3 rings (SSSR count). The van der Waals surface area contributed by atoms with Gasteiger partial charge in [0.05, 0.1) is 16.3 Å². The van der Waals surface area contributed by atoms with Crippen LogP contribution in [0.15, 0.2) is 46.9 Å². The molecule has 2 aromatic carbocycles. The Hall–Kier alpha value is -1.46. The van der Waals surface area contributed by atoms with Crippen molar-refractivity contribution >= 4 is 42.6 Å². The number of nitrogens with one attached hydrogen (secondary N) is 1. The van der Waals surface area contributed by atoms with Crippen molar-refractivity contribution in [2.75, 3.05) is 5.32 Å². The maximum absolute atomic E-state index is 13.2. The molecule has 1 unspecified atom stereocenters. The molecule has 0 radical (unpaired) electrons. The van der Waals surface area contributed by atoms with Crippen LogP contribution < -0.4 is 5.32 Å². The van der Waals surface area contributed by atoms with Gasteiger partial charge in [0.2, 0.25) is 0 Å². The average molecular weight is 351 g/mol. The molecule has 0 fully saturated rings. The number of rotatable bonds is 3. The first-order chi connectivity index (χ1) is 9.61. The zero-order chi connectivity index (χ0) is 14.1. The third-order valence-corrected chi connectivity index (χ3v) is 4.54. The number of anilines is 1. The van der Waals surface area contributed by atoms with Gasteiger partial charge in [0, 0.05) is 4.47 Å². The first-order valence-corrected chi connectivity index (χ1v) is 7.81. The summed E-state index contributed by atoms with van der Waals surface area (Å²) in [6, 6.07) is 13.0. The maximum Gasteiger partial charge on any atom is 0.184 e. The van der Waals surface area contributed by atoms with Gasteiger partial charge in [-0.3, -0.25) is 0 Å². The van der Waals surface area contributed by atoms with Crippen molar-refractivity contribution in [2.45, 2.75) is 13.0 Å². The molecule has 1 aromatic heterocycles. The maximum atomic E-state index is 13.2. The SMILES string of the molecule is CC(Nc1nc2ccc(F)cc2s1)c1ccc(Br)cc1. The van der Waals surface area contributed by atoms with E-state index in [1.165, 1.54) is 29.0 Å². The highest BCUT2D eigenvalue weighted by Crippen LogP contribution is 2.29. The van der Waals surface area contributed by atoms with Crippen LogP contribution in [-0.2, 0) is 0 Å². The number of fused-ring (bicyclic) bond motifs is 1. The van der Waals surface area contributed by atoms with E-state index >= 15 is 0 Å². The normalized spacial score (nSPS) is 12.6. The van der Waals surface area contributed by atoms with Crippen LogP contribution >= 0.6 is 27.3 Å². The van der Waals surface area contributed by atoms with Gasteiger partial charge in [-0.15, -0.1) is 0 Å². The number of hydrogen-bond acceptors (Lipinski definition) is 3. The number of halogens is 2. The predicted octanol–water partition coefficient (Wildman–Crippen LogP) is 5.37. The van der Waals surface area contributed by atoms with E-state index in [2.05, 4.69) is 45.3 Å². The van der Waals surface area contributed by atoms with Crippen molar-refractivity contribution < 1.29 is 4.39 Å². The highest BCUT2D eigenvalue weighted by atomic mass is 79.9. The number of aromatic nitrogens is 1. The van der Waals surface area contributed by atoms with Crippen LogP contribution in [0.1, 0.15) is 18.5 Å². The minimum absolute atomic E-state index is 0.147. The van der Waals surface area contributed by atoms with Gasteiger partial charge < -0.3 is 5.32 Å². The van der Waals surface area contributed by atoms with E-state index in [9.17, 15) is 4.39 Å². The van der Waals surface area contributed by atoms with Crippen LogP contribution in [0.2, 0.25) is 0 Å². The van der Waals surface area contributed by atoms with E-state index in [1.807, 2.05) is 12.1 Å². The Morgan fingerprint density at radius 2 is 1.95 bits per heavy atom. The second kappa shape index (κ2) is 5.50. The number of thiazole rings is 1. The molecule has 0 spiro atoms. The third kappa shape index (κ3) is 2.83. The van der Waals surface area contributed by atoms with Crippen molar-refractivity contribution in [3.05, 3.63) is 58.3 Å². The summed E-state index contributed by atoms with van der Waals surface area (Å²) in [4.78, 5) is 4.47. The fraction of sp³-hybridized carbons (Fsp3) is 0.133. The number of benzene rings is 2. The molecular formula is C15H12BrFN2S. The molecule has 5 heteroatoms. The lowest BCUT2D eigenvalue weighted by Gasteiger charge is -2.13. The summed E-state index contributed by atoms with van der Waals surface area (Å²) >= 11 is 4.89. The summed E-state index contributed by atoms with van der Waals surface area (Å²) in [5.74, 6) is -0.228. The highest BCUT2D eigenvalue weighted by molar-refractivity contribution is 9.10. The predicted molar refractivity (Wildman–Crippen MR) is 85.8 cm³/mol. The van der Waals surface area contributed by atoms with Crippen LogP contribution in [0.4, 0.5) is 9.52 Å². The minimum Gasteiger partial charge on any atom is -0.355 e. The van der Waals surface area contributed by atoms with Crippen LogP contribution in [0.5, 0.6) is 0 Å². The van der Waals surface area contributed by atoms with E-state index in [1.54, 1.807) is 6.07 Å². The first kappa shape index (κ1) is 13.5. The molecule has 0 aliphatic heterocycles. The molecule has 1 atom stereocenters. The van der Waals surface area contributed by atoms with Crippen LogP contribution in [-0.4, -0.2) is 4.98 Å². The molecule has 0 bridgehead atoms. The van der Waals surface area contributed by atoms with Crippen molar-refractivity contribution in [3.63, 3.8) is 0 Å². The van der Waals surface area contributed by atoms with Crippen molar-refractivity contribution in [3.8, 4) is 0 Å². The van der Waals surface area contributed by atoms with Gasteiger partial charge in [0.25, 0.3) is 0 Å². The average Bonchev–Trinajstić information content (AvgIpc) is 2.80. The molecular weight excluding hydrogens is 339 g/mol. The van der Waals surface area contributed by atoms with Crippen molar-refractivity contribution in [1.29, 1.82) is 0 Å². The molecule has 102 valence electrons. The zero-order valence-corrected chi connectivity index (χ0v) is 13.1. The summed E-state index contributed by atoms with van der Waals surface area (Å²) in [6.07, 6.45) is 0. The molecule has 0 aliphatic carbocycles. The quantitative estimate of drug-likeness (QED) is 0.686. The molecule has 0 aliphatic rings. The Labute approximate surface area is 128 Å². The standard InChI is InChI=1S/C15H12BrFN2S/c1-9(10-2-4-11(16)5-3-10)18-15-19-13-7-6-12(17)8-14(13)20-15/h2-9H,1H3,(H,18,19). The van der Waals surface area contributed by atoms with Crippen LogP contribution in [0, 0.1) is 5.82 Å². The molecule has 0 amide bonds. The van der Waals surface area contributed by atoms with Gasteiger partial charge in [-0.2, -0.15) is 0 Å². The second-order valence-electron chi connectivity index (χ2n) is 4.55. The van der Waals surface area contributed by atoms with E-state index in [0.717, 1.165) is 19.8 Å². The highest BCUT2D eigenvalue weighted by Gasteiger charge is 2.09. The van der Waals surface area contributed by atoms with Crippen LogP contribution in [0.3, 0.4) is 0 Å². The zero-order valence-electron chi connectivity index (χ0n) is 10.7. The minimum atomic E-state index is -0.228. The van der Waals surface area contributed by atoms with Crippen molar-refractivity contribution in [2.24, 2.45) is 0 Å². The fourth-order valence-electron chi connectivity index (χ4n) is 1.98. The third-order valence-electron chi connectivity index (χ3n) is 3.06. The van der Waals surface area contributed by atoms with E-state index in [0.29, 0.717) is 0 Å². The first-order valence-electron chi connectivity index (χ1n) is 6.20. The second-order valence-corrected chi connectivity index (χ2v) is 6.49. The van der Waals surface area contributed by atoms with E-state index in [4.69, 9.17) is 0 Å². The van der Waals surface area contributed by atoms with Crippen molar-refractivity contribution in [1.82, 2.24) is 4.98 Å². The molecule has 1 N–H and O–H groups in total.